The first-order chi connectivity index (χ1) is 11.7. The maximum Gasteiger partial charge on any atom is 0.191 e. The minimum absolute atomic E-state index is 0.537. The van der Waals surface area contributed by atoms with Crippen LogP contribution in [0.2, 0.25) is 5.15 Å². The van der Waals surface area contributed by atoms with Crippen LogP contribution < -0.4 is 10.6 Å². The van der Waals surface area contributed by atoms with Gasteiger partial charge >= 0.3 is 0 Å². The molecule has 2 rings (SSSR count). The SMILES string of the molecule is CCNC(=NCC1CCCCN1CC)NCCc1ccc(Cl)nc1. The average Bonchev–Trinajstić information content (AvgIpc) is 2.61. The Morgan fingerprint density at radius 2 is 2.21 bits per heavy atom. The number of likely N-dealkylation sites (N-methyl/N-ethyl adjacent to an activating group) is 1. The van der Waals surface area contributed by atoms with E-state index in [4.69, 9.17) is 16.6 Å². The molecule has 1 saturated heterocycles. The van der Waals surface area contributed by atoms with Crippen molar-refractivity contribution in [3.8, 4) is 0 Å². The summed E-state index contributed by atoms with van der Waals surface area (Å²) in [6.45, 7) is 9.24. The van der Waals surface area contributed by atoms with E-state index in [0.29, 0.717) is 11.2 Å². The molecule has 1 aliphatic rings. The molecule has 1 unspecified atom stereocenters. The highest BCUT2D eigenvalue weighted by Crippen LogP contribution is 2.16. The number of piperidine rings is 1. The summed E-state index contributed by atoms with van der Waals surface area (Å²) in [7, 11) is 0. The number of nitrogens with one attached hydrogen (secondary N) is 2. The molecule has 0 spiro atoms. The van der Waals surface area contributed by atoms with Gasteiger partial charge in [-0.05, 0) is 50.9 Å². The Labute approximate surface area is 150 Å². The van der Waals surface area contributed by atoms with E-state index in [1.165, 1.54) is 31.4 Å². The number of hydrogen-bond donors (Lipinski definition) is 2. The molecule has 2 heterocycles. The molecule has 0 bridgehead atoms. The van der Waals surface area contributed by atoms with E-state index in [2.05, 4.69) is 34.4 Å². The topological polar surface area (TPSA) is 52.6 Å². The van der Waals surface area contributed by atoms with E-state index >= 15 is 0 Å². The van der Waals surface area contributed by atoms with Crippen LogP contribution in [0, 0.1) is 0 Å². The van der Waals surface area contributed by atoms with Crippen molar-refractivity contribution in [2.24, 2.45) is 4.99 Å². The Balaban J connectivity index is 1.82. The van der Waals surface area contributed by atoms with Crippen LogP contribution in [0.3, 0.4) is 0 Å². The number of guanidine groups is 1. The second kappa shape index (κ2) is 10.5. The van der Waals surface area contributed by atoms with E-state index in [-0.39, 0.29) is 0 Å². The lowest BCUT2D eigenvalue weighted by atomic mass is 10.0. The van der Waals surface area contributed by atoms with Gasteiger partial charge in [0.15, 0.2) is 5.96 Å². The lowest BCUT2D eigenvalue weighted by Crippen LogP contribution is -2.43. The molecule has 1 atom stereocenters. The number of aliphatic imine (C=N–C) groups is 1. The van der Waals surface area contributed by atoms with Crippen molar-refractivity contribution in [2.45, 2.75) is 45.6 Å². The van der Waals surface area contributed by atoms with Gasteiger partial charge in [-0.3, -0.25) is 9.89 Å². The van der Waals surface area contributed by atoms with Crippen molar-refractivity contribution >= 4 is 17.6 Å². The van der Waals surface area contributed by atoms with Crippen LogP contribution in [0.4, 0.5) is 0 Å². The summed E-state index contributed by atoms with van der Waals surface area (Å²) in [6.07, 6.45) is 6.63. The number of nitrogens with zero attached hydrogens (tertiary/aromatic N) is 3. The molecular formula is C18H30ClN5. The third-order valence-corrected chi connectivity index (χ3v) is 4.68. The predicted molar refractivity (Wildman–Crippen MR) is 102 cm³/mol. The van der Waals surface area contributed by atoms with E-state index in [9.17, 15) is 0 Å². The van der Waals surface area contributed by atoms with Crippen molar-refractivity contribution in [2.75, 3.05) is 32.7 Å². The second-order valence-electron chi connectivity index (χ2n) is 6.16. The lowest BCUT2D eigenvalue weighted by molar-refractivity contribution is 0.161. The highest BCUT2D eigenvalue weighted by molar-refractivity contribution is 6.29. The summed E-state index contributed by atoms with van der Waals surface area (Å²) in [5.41, 5.74) is 1.17. The molecule has 2 N–H and O–H groups in total. The first-order valence-corrected chi connectivity index (χ1v) is 9.47. The average molecular weight is 352 g/mol. The number of rotatable bonds is 7. The van der Waals surface area contributed by atoms with Gasteiger partial charge in [0.25, 0.3) is 0 Å². The number of pyridine rings is 1. The van der Waals surface area contributed by atoms with E-state index in [1.807, 2.05) is 18.3 Å². The summed E-state index contributed by atoms with van der Waals surface area (Å²) >= 11 is 5.82. The van der Waals surface area contributed by atoms with Crippen molar-refractivity contribution in [3.05, 3.63) is 29.0 Å². The largest absolute Gasteiger partial charge is 0.357 e. The quantitative estimate of drug-likeness (QED) is 0.450. The fourth-order valence-corrected chi connectivity index (χ4v) is 3.21. The summed E-state index contributed by atoms with van der Waals surface area (Å²) in [4.78, 5) is 11.5. The zero-order valence-corrected chi connectivity index (χ0v) is 15.6. The molecule has 0 saturated carbocycles. The van der Waals surface area contributed by atoms with E-state index in [1.54, 1.807) is 0 Å². The van der Waals surface area contributed by atoms with Gasteiger partial charge < -0.3 is 10.6 Å². The van der Waals surface area contributed by atoms with Crippen molar-refractivity contribution in [3.63, 3.8) is 0 Å². The molecule has 1 aromatic heterocycles. The maximum atomic E-state index is 5.82. The van der Waals surface area contributed by atoms with Crippen LogP contribution in [0.15, 0.2) is 23.3 Å². The normalized spacial score (nSPS) is 19.3. The number of aromatic nitrogens is 1. The first kappa shape index (κ1) is 19.0. The Bertz CT molecular complexity index is 503. The van der Waals surface area contributed by atoms with Gasteiger partial charge in [-0.1, -0.05) is 31.0 Å². The molecular weight excluding hydrogens is 322 g/mol. The van der Waals surface area contributed by atoms with Crippen molar-refractivity contribution in [1.29, 1.82) is 0 Å². The van der Waals surface area contributed by atoms with Gasteiger partial charge in [0.2, 0.25) is 0 Å². The van der Waals surface area contributed by atoms with Gasteiger partial charge in [0.05, 0.1) is 6.54 Å². The van der Waals surface area contributed by atoms with Gasteiger partial charge in [0, 0.05) is 25.3 Å². The highest BCUT2D eigenvalue weighted by atomic mass is 35.5. The number of likely N-dealkylation sites (tertiary alicyclic amines) is 1. The zero-order chi connectivity index (χ0) is 17.2. The first-order valence-electron chi connectivity index (χ1n) is 9.09. The fourth-order valence-electron chi connectivity index (χ4n) is 3.10. The lowest BCUT2D eigenvalue weighted by Gasteiger charge is -2.33. The summed E-state index contributed by atoms with van der Waals surface area (Å²) in [6, 6.07) is 4.43. The molecule has 1 fully saturated rings. The van der Waals surface area contributed by atoms with E-state index < -0.39 is 0 Å². The number of hydrogen-bond acceptors (Lipinski definition) is 3. The molecule has 134 valence electrons. The standard InChI is InChI=1S/C18H30ClN5/c1-3-20-18(21-11-10-15-8-9-17(19)22-13-15)23-14-16-7-5-6-12-24(16)4-2/h8-9,13,16H,3-7,10-12,14H2,1-2H3,(H2,20,21,23). The molecule has 24 heavy (non-hydrogen) atoms. The third-order valence-electron chi connectivity index (χ3n) is 4.45. The van der Waals surface area contributed by atoms with Gasteiger partial charge in [0.1, 0.15) is 5.15 Å². The minimum atomic E-state index is 0.537. The summed E-state index contributed by atoms with van der Waals surface area (Å²) < 4.78 is 0. The molecule has 0 aromatic carbocycles. The van der Waals surface area contributed by atoms with Crippen LogP contribution in [-0.4, -0.2) is 54.6 Å². The molecule has 0 aliphatic carbocycles. The van der Waals surface area contributed by atoms with Gasteiger partial charge in [-0.15, -0.1) is 0 Å². The van der Waals surface area contributed by atoms with Gasteiger partial charge in [-0.25, -0.2) is 4.98 Å². The summed E-state index contributed by atoms with van der Waals surface area (Å²) in [5, 5.41) is 7.29. The molecule has 0 amide bonds. The zero-order valence-electron chi connectivity index (χ0n) is 14.9. The highest BCUT2D eigenvalue weighted by Gasteiger charge is 2.20. The Morgan fingerprint density at radius 3 is 2.92 bits per heavy atom. The molecule has 1 aliphatic heterocycles. The molecule has 0 radical (unpaired) electrons. The van der Waals surface area contributed by atoms with Crippen LogP contribution >= 0.6 is 11.6 Å². The maximum absolute atomic E-state index is 5.82. The summed E-state index contributed by atoms with van der Waals surface area (Å²) in [5.74, 6) is 0.904. The Kier molecular flexibility index (Phi) is 8.33. The second-order valence-corrected chi connectivity index (χ2v) is 6.55. The van der Waals surface area contributed by atoms with Crippen molar-refractivity contribution < 1.29 is 0 Å². The molecule has 1 aromatic rings. The molecule has 5 nitrogen and oxygen atoms in total. The number of halogens is 1. The van der Waals surface area contributed by atoms with Gasteiger partial charge in [-0.2, -0.15) is 0 Å². The van der Waals surface area contributed by atoms with E-state index in [0.717, 1.165) is 38.6 Å². The van der Waals surface area contributed by atoms with Crippen LogP contribution in [0.5, 0.6) is 0 Å². The predicted octanol–water partition coefficient (Wildman–Crippen LogP) is 2.71. The van der Waals surface area contributed by atoms with Crippen molar-refractivity contribution in [1.82, 2.24) is 20.5 Å². The minimum Gasteiger partial charge on any atom is -0.357 e. The monoisotopic (exact) mass is 351 g/mol. The Morgan fingerprint density at radius 1 is 1.33 bits per heavy atom. The fraction of sp³-hybridized carbons (Fsp3) is 0.667. The third kappa shape index (κ3) is 6.29. The Hall–Kier alpha value is -1.33. The van der Waals surface area contributed by atoms with Crippen LogP contribution in [-0.2, 0) is 6.42 Å². The van der Waals surface area contributed by atoms with Crippen LogP contribution in [0.25, 0.3) is 0 Å². The molecule has 6 heteroatoms. The smallest absolute Gasteiger partial charge is 0.191 e. The van der Waals surface area contributed by atoms with Crippen LogP contribution in [0.1, 0.15) is 38.7 Å².